The molecule has 0 spiro atoms. The summed E-state index contributed by atoms with van der Waals surface area (Å²) < 4.78 is 1.53. The first-order valence-electron chi connectivity index (χ1n) is 9.45. The molecule has 9 heteroatoms. The van der Waals surface area contributed by atoms with Crippen LogP contribution in [0.1, 0.15) is 30.7 Å². The maximum absolute atomic E-state index is 12.4. The molecule has 9 nitrogen and oxygen atoms in total. The molecule has 27 heavy (non-hydrogen) atoms. The first-order chi connectivity index (χ1) is 13.1. The first-order valence-corrected chi connectivity index (χ1v) is 9.45. The molecule has 0 aromatic carbocycles. The van der Waals surface area contributed by atoms with Gasteiger partial charge in [-0.15, -0.1) is 0 Å². The number of carbonyl (C=O) groups excluding carboxylic acids is 1. The van der Waals surface area contributed by atoms with E-state index in [1.807, 2.05) is 4.90 Å². The highest BCUT2D eigenvalue weighted by Gasteiger charge is 2.26. The Morgan fingerprint density at radius 1 is 1.26 bits per heavy atom. The number of aromatic amines is 1. The van der Waals surface area contributed by atoms with E-state index in [9.17, 15) is 9.59 Å². The Kier molecular flexibility index (Phi) is 4.83. The number of hydrogen-bond acceptors (Lipinski definition) is 5. The monoisotopic (exact) mass is 371 g/mol. The highest BCUT2D eigenvalue weighted by atomic mass is 16.2. The van der Waals surface area contributed by atoms with Crippen molar-refractivity contribution in [1.29, 1.82) is 0 Å². The lowest BCUT2D eigenvalue weighted by Gasteiger charge is -2.34. The van der Waals surface area contributed by atoms with E-state index in [1.54, 1.807) is 25.8 Å². The fourth-order valence-electron chi connectivity index (χ4n) is 3.93. The molecular weight excluding hydrogens is 346 g/mol. The number of nitrogens with one attached hydrogen (secondary N) is 3. The topological polar surface area (TPSA) is 108 Å². The third kappa shape index (κ3) is 3.81. The number of hydrogen-bond donors (Lipinski definition) is 3. The summed E-state index contributed by atoms with van der Waals surface area (Å²) in [7, 11) is 1.72. The zero-order chi connectivity index (χ0) is 18.8. The zero-order valence-electron chi connectivity index (χ0n) is 15.4. The highest BCUT2D eigenvalue weighted by molar-refractivity contribution is 5.74. The number of aromatic nitrogens is 4. The standard InChI is InChI=1S/C18H25N7O2/c1-24-8-6-19-16(17(24)26)25-7-2-3-13(10-25)23-18(27)22-12-4-5-14-15(9-12)21-11-20-14/h6,8,11-13H,2-5,7,9-10H2,1H3,(H,20,21)(H2,22,23,27). The number of carbonyl (C=O) groups is 1. The Labute approximate surface area is 157 Å². The minimum Gasteiger partial charge on any atom is -0.350 e. The molecule has 0 radical (unpaired) electrons. The van der Waals surface area contributed by atoms with Gasteiger partial charge in [-0.2, -0.15) is 0 Å². The largest absolute Gasteiger partial charge is 0.350 e. The van der Waals surface area contributed by atoms with Gasteiger partial charge in [0.15, 0.2) is 5.82 Å². The van der Waals surface area contributed by atoms with Crippen molar-refractivity contribution in [3.05, 3.63) is 40.5 Å². The van der Waals surface area contributed by atoms with Gasteiger partial charge in [-0.05, 0) is 25.7 Å². The SMILES string of the molecule is Cn1ccnc(N2CCCC(NC(=O)NC3CCc4nc[nH]c4C3)C2)c1=O. The number of piperidine rings is 1. The molecule has 1 fully saturated rings. The van der Waals surface area contributed by atoms with E-state index in [1.165, 1.54) is 4.57 Å². The van der Waals surface area contributed by atoms with Crippen LogP contribution in [0.15, 0.2) is 23.5 Å². The summed E-state index contributed by atoms with van der Waals surface area (Å²) in [6.45, 7) is 1.37. The zero-order valence-corrected chi connectivity index (χ0v) is 15.4. The van der Waals surface area contributed by atoms with Gasteiger partial charge in [0.05, 0.1) is 12.0 Å². The third-order valence-electron chi connectivity index (χ3n) is 5.38. The minimum atomic E-state index is -0.149. The number of rotatable bonds is 3. The quantitative estimate of drug-likeness (QED) is 0.721. The molecule has 1 saturated heterocycles. The number of imidazole rings is 1. The van der Waals surface area contributed by atoms with Crippen molar-refractivity contribution in [3.63, 3.8) is 0 Å². The Hall–Kier alpha value is -2.84. The lowest BCUT2D eigenvalue weighted by atomic mass is 9.96. The predicted octanol–water partition coefficient (Wildman–Crippen LogP) is 0.329. The van der Waals surface area contributed by atoms with Crippen LogP contribution in [0.25, 0.3) is 0 Å². The van der Waals surface area contributed by atoms with Crippen LogP contribution in [-0.2, 0) is 19.9 Å². The van der Waals surface area contributed by atoms with E-state index < -0.39 is 0 Å². The maximum Gasteiger partial charge on any atom is 0.315 e. The molecule has 2 amide bonds. The average Bonchev–Trinajstić information content (AvgIpc) is 3.12. The Morgan fingerprint density at radius 3 is 3.00 bits per heavy atom. The number of nitrogens with zero attached hydrogens (tertiary/aromatic N) is 4. The minimum absolute atomic E-state index is 0.00299. The number of anilines is 1. The number of fused-ring (bicyclic) bond motifs is 1. The van der Waals surface area contributed by atoms with Gasteiger partial charge in [0.25, 0.3) is 5.56 Å². The van der Waals surface area contributed by atoms with Gasteiger partial charge in [-0.1, -0.05) is 0 Å². The molecule has 144 valence electrons. The number of aryl methyl sites for hydroxylation is 2. The highest BCUT2D eigenvalue weighted by Crippen LogP contribution is 2.18. The smallest absolute Gasteiger partial charge is 0.315 e. The Balaban J connectivity index is 1.33. The molecule has 2 atom stereocenters. The van der Waals surface area contributed by atoms with Crippen LogP contribution < -0.4 is 21.1 Å². The first kappa shape index (κ1) is 17.6. The predicted molar refractivity (Wildman–Crippen MR) is 101 cm³/mol. The van der Waals surface area contributed by atoms with Gasteiger partial charge in [0.2, 0.25) is 0 Å². The summed E-state index contributed by atoms with van der Waals surface area (Å²) in [6, 6.07) is -0.0405. The second-order valence-corrected chi connectivity index (χ2v) is 7.34. The second-order valence-electron chi connectivity index (χ2n) is 7.34. The van der Waals surface area contributed by atoms with Gasteiger partial charge in [-0.25, -0.2) is 14.8 Å². The summed E-state index contributed by atoms with van der Waals surface area (Å²) in [5.74, 6) is 0.450. The summed E-state index contributed by atoms with van der Waals surface area (Å²) in [5.41, 5.74) is 2.11. The second kappa shape index (κ2) is 7.42. The van der Waals surface area contributed by atoms with Crippen LogP contribution in [0.3, 0.4) is 0 Å². The summed E-state index contributed by atoms with van der Waals surface area (Å²) in [4.78, 5) is 38.4. The van der Waals surface area contributed by atoms with Crippen molar-refractivity contribution in [2.75, 3.05) is 18.0 Å². The maximum atomic E-state index is 12.4. The van der Waals surface area contributed by atoms with Gasteiger partial charge >= 0.3 is 6.03 Å². The fraction of sp³-hybridized carbons (Fsp3) is 0.556. The number of amides is 2. The van der Waals surface area contributed by atoms with Crippen molar-refractivity contribution < 1.29 is 4.79 Å². The van der Waals surface area contributed by atoms with Crippen LogP contribution >= 0.6 is 0 Å². The fourth-order valence-corrected chi connectivity index (χ4v) is 3.93. The number of H-pyrrole nitrogens is 1. The number of urea groups is 1. The van der Waals surface area contributed by atoms with Crippen LogP contribution in [0.2, 0.25) is 0 Å². The molecular formula is C18H25N7O2. The summed E-state index contributed by atoms with van der Waals surface area (Å²) in [6.07, 6.45) is 9.35. The van der Waals surface area contributed by atoms with Gasteiger partial charge in [0.1, 0.15) is 0 Å². The van der Waals surface area contributed by atoms with Crippen LogP contribution in [0.5, 0.6) is 0 Å². The van der Waals surface area contributed by atoms with Crippen LogP contribution in [-0.4, -0.2) is 50.7 Å². The Morgan fingerprint density at radius 2 is 2.11 bits per heavy atom. The molecule has 3 heterocycles. The van der Waals surface area contributed by atoms with E-state index in [0.29, 0.717) is 12.4 Å². The third-order valence-corrected chi connectivity index (χ3v) is 5.38. The summed E-state index contributed by atoms with van der Waals surface area (Å²) in [5, 5.41) is 6.14. The molecule has 0 saturated carbocycles. The van der Waals surface area contributed by atoms with E-state index in [2.05, 4.69) is 25.6 Å². The van der Waals surface area contributed by atoms with Crippen LogP contribution in [0, 0.1) is 0 Å². The lowest BCUT2D eigenvalue weighted by Crippen LogP contribution is -2.53. The van der Waals surface area contributed by atoms with E-state index in [-0.39, 0.29) is 23.7 Å². The molecule has 1 aliphatic carbocycles. The lowest BCUT2D eigenvalue weighted by molar-refractivity contribution is 0.229. The molecule has 0 bridgehead atoms. The van der Waals surface area contributed by atoms with E-state index >= 15 is 0 Å². The Bertz CT molecular complexity index is 875. The van der Waals surface area contributed by atoms with Crippen molar-refractivity contribution in [2.45, 2.75) is 44.2 Å². The molecule has 3 N–H and O–H groups in total. The molecule has 2 aromatic rings. The normalized spacial score (nSPS) is 22.2. The van der Waals surface area contributed by atoms with Crippen molar-refractivity contribution >= 4 is 11.8 Å². The van der Waals surface area contributed by atoms with E-state index in [0.717, 1.165) is 50.0 Å². The van der Waals surface area contributed by atoms with Gasteiger partial charge < -0.3 is 25.1 Å². The molecule has 2 aliphatic rings. The molecule has 2 unspecified atom stereocenters. The molecule has 1 aliphatic heterocycles. The van der Waals surface area contributed by atoms with Gasteiger partial charge in [0, 0.05) is 56.7 Å². The van der Waals surface area contributed by atoms with Crippen molar-refractivity contribution in [3.8, 4) is 0 Å². The summed E-state index contributed by atoms with van der Waals surface area (Å²) >= 11 is 0. The van der Waals surface area contributed by atoms with Crippen LogP contribution in [0.4, 0.5) is 10.6 Å². The van der Waals surface area contributed by atoms with E-state index in [4.69, 9.17) is 0 Å². The van der Waals surface area contributed by atoms with Crippen molar-refractivity contribution in [1.82, 2.24) is 30.2 Å². The van der Waals surface area contributed by atoms with Gasteiger partial charge in [-0.3, -0.25) is 4.79 Å². The molecule has 4 rings (SSSR count). The average molecular weight is 371 g/mol. The van der Waals surface area contributed by atoms with Crippen molar-refractivity contribution in [2.24, 2.45) is 7.05 Å². The molecule has 2 aromatic heterocycles.